The Morgan fingerprint density at radius 3 is 1.85 bits per heavy atom. The van der Waals surface area contributed by atoms with E-state index < -0.39 is 0 Å². The van der Waals surface area contributed by atoms with Gasteiger partial charge in [0.1, 0.15) is 0 Å². The summed E-state index contributed by atoms with van der Waals surface area (Å²) in [5.74, 6) is 21.9. The smallest absolute Gasteiger partial charge is 0.183 e. The first kappa shape index (κ1) is 9.29. The molecule has 13 heavy (non-hydrogen) atoms. The highest BCUT2D eigenvalue weighted by atomic mass is 127. The Hall–Kier alpha value is -1.80. The lowest BCUT2D eigenvalue weighted by Crippen LogP contribution is -1.77. The monoisotopic (exact) mass is 278 g/mol. The molecule has 0 fully saturated rings. The van der Waals surface area contributed by atoms with E-state index in [9.17, 15) is 0 Å². The van der Waals surface area contributed by atoms with E-state index in [4.69, 9.17) is 1.41 Å². The number of rotatable bonds is 0. The van der Waals surface area contributed by atoms with Crippen LogP contribution in [-0.2, 0) is 0 Å². The molecule has 0 aromatic carbocycles. The van der Waals surface area contributed by atoms with Crippen molar-refractivity contribution in [1.29, 1.82) is 0 Å². The number of hydrogen-bond donors (Lipinski definition) is 1. The molecule has 1 nitrogen and oxygen atoms in total. The first-order valence-electron chi connectivity index (χ1n) is 3.44. The third-order valence-corrected chi connectivity index (χ3v) is 0.865. The predicted molar refractivity (Wildman–Crippen MR) is 61.4 cm³/mol. The highest BCUT2D eigenvalue weighted by Crippen LogP contribution is 1.60. The Morgan fingerprint density at radius 1 is 0.923 bits per heavy atom. The minimum absolute atomic E-state index is 0.934. The van der Waals surface area contributed by atoms with Crippen molar-refractivity contribution in [3.8, 4) is 59.3 Å². The van der Waals surface area contributed by atoms with Crippen LogP contribution in [0.2, 0.25) is 1.41 Å². The highest BCUT2D eigenvalue weighted by molar-refractivity contribution is 14.1. The molecule has 0 atom stereocenters. The second kappa shape index (κ2) is 10.2. The molecular weight excluding hydrogens is 273 g/mol. The van der Waals surface area contributed by atoms with Gasteiger partial charge in [0.05, 0.1) is 22.9 Å². The molecule has 0 unspecified atom stereocenters. The lowest BCUT2D eigenvalue weighted by atomic mass is 10.5. The Morgan fingerprint density at radius 2 is 1.38 bits per heavy atom. The largest absolute Gasteiger partial charge is 0.287 e. The Kier molecular flexibility index (Phi) is 7.29. The fourth-order valence-corrected chi connectivity index (χ4v) is 0.401. The van der Waals surface area contributed by atoms with Crippen LogP contribution in [0.1, 0.15) is 0 Å². The normalized spacial score (nSPS) is 5.15. The summed E-state index contributed by atoms with van der Waals surface area (Å²) in [5, 5.41) is 0. The van der Waals surface area contributed by atoms with Gasteiger partial charge in [-0.3, -0.25) is 9.44 Å². The second-order valence-corrected chi connectivity index (χ2v) is 1.86. The van der Waals surface area contributed by atoms with E-state index in [1.807, 2.05) is 0 Å². The minimum atomic E-state index is 0.934. The predicted octanol–water partition coefficient (Wildman–Crippen LogP) is 0.735. The molecule has 0 amide bonds. The fraction of sp³-hybridized carbons (Fsp3) is 0. The van der Waals surface area contributed by atoms with Crippen LogP contribution < -0.4 is 3.52 Å². The summed E-state index contributed by atoms with van der Waals surface area (Å²) in [7, 11) is 0. The van der Waals surface area contributed by atoms with Crippen molar-refractivity contribution in [2.45, 2.75) is 0 Å². The molecule has 0 aliphatic heterocycles. The second-order valence-electron chi connectivity index (χ2n) is 1.37. The number of halogens is 1. The summed E-state index contributed by atoms with van der Waals surface area (Å²) in [5.41, 5.74) is 0. The van der Waals surface area contributed by atoms with Gasteiger partial charge in [0.25, 0.3) is 0 Å². The van der Waals surface area contributed by atoms with Crippen LogP contribution in [0.3, 0.4) is 0 Å². The van der Waals surface area contributed by atoms with Gasteiger partial charge in [0, 0.05) is 23.8 Å². The molecule has 0 saturated heterocycles. The molecule has 2 heteroatoms. The van der Waals surface area contributed by atoms with E-state index in [2.05, 4.69) is 66.3 Å². The summed E-state index contributed by atoms with van der Waals surface area (Å²) in [6.45, 7) is 3.28. The first-order chi connectivity index (χ1) is 6.77. The van der Waals surface area contributed by atoms with Gasteiger partial charge in [0.2, 0.25) is 0 Å². The summed E-state index contributed by atoms with van der Waals surface area (Å²) in [4.78, 5) is 0. The molecule has 0 heterocycles. The van der Waals surface area contributed by atoms with Gasteiger partial charge in [-0.05, 0) is 17.8 Å². The Labute approximate surface area is 94.0 Å². The van der Waals surface area contributed by atoms with E-state index in [1.54, 1.807) is 22.9 Å². The van der Waals surface area contributed by atoms with Gasteiger partial charge in [-0.15, -0.1) is 5.92 Å². The van der Waals surface area contributed by atoms with Crippen LogP contribution in [0, 0.1) is 66.3 Å². The quantitative estimate of drug-likeness (QED) is 0.226. The molecule has 0 rings (SSSR count). The lowest BCUT2D eigenvalue weighted by Gasteiger charge is -1.65. The Balaban J connectivity index is 4.12. The maximum absolute atomic E-state index is 6.87. The van der Waals surface area contributed by atoms with Crippen molar-refractivity contribution in [3.05, 3.63) is 6.92 Å². The topological polar surface area (TPSA) is 12.0 Å². The van der Waals surface area contributed by atoms with Gasteiger partial charge >= 0.3 is 0 Å². The third-order valence-electron chi connectivity index (χ3n) is 0.624. The Bertz CT molecular complexity index is 478. The van der Waals surface area contributed by atoms with Gasteiger partial charge in [0.15, 0.2) is 1.41 Å². The molecular formula is C11H3IN-. The van der Waals surface area contributed by atoms with Gasteiger partial charge in [-0.1, -0.05) is 0 Å². The molecule has 0 aromatic rings. The lowest BCUT2D eigenvalue weighted by molar-refractivity contribution is 1.61. The van der Waals surface area contributed by atoms with E-state index >= 15 is 0 Å². The minimum Gasteiger partial charge on any atom is -0.287 e. The maximum atomic E-state index is 6.87. The van der Waals surface area contributed by atoms with E-state index in [0.29, 0.717) is 0 Å². The molecule has 0 aromatic heterocycles. The van der Waals surface area contributed by atoms with Crippen molar-refractivity contribution < 1.29 is 1.41 Å². The summed E-state index contributed by atoms with van der Waals surface area (Å²) >= 11 is 1.71. The zero-order valence-electron chi connectivity index (χ0n) is 7.53. The molecule has 0 spiro atoms. The fourth-order valence-electron chi connectivity index (χ4n) is 0.281. The first-order valence-corrected chi connectivity index (χ1v) is 3.96. The van der Waals surface area contributed by atoms with Crippen molar-refractivity contribution >= 4 is 22.9 Å². The van der Waals surface area contributed by atoms with Crippen LogP contribution in [0.5, 0.6) is 0 Å². The van der Waals surface area contributed by atoms with Gasteiger partial charge in [-0.2, -0.15) is 6.92 Å². The van der Waals surface area contributed by atoms with Crippen molar-refractivity contribution in [2.24, 2.45) is 0 Å². The third kappa shape index (κ3) is 10.2. The highest BCUT2D eigenvalue weighted by Gasteiger charge is 1.55. The van der Waals surface area contributed by atoms with Gasteiger partial charge in [-0.25, -0.2) is 5.92 Å². The van der Waals surface area contributed by atoms with Crippen LogP contribution in [0.25, 0.3) is 0 Å². The average molecular weight is 278 g/mol. The van der Waals surface area contributed by atoms with Gasteiger partial charge < -0.3 is 0 Å². The van der Waals surface area contributed by atoms with Crippen LogP contribution in [-0.4, -0.2) is 0 Å². The molecule has 0 saturated carbocycles. The van der Waals surface area contributed by atoms with E-state index in [1.165, 1.54) is 0 Å². The number of hydrogen-bond acceptors (Lipinski definition) is 1. The maximum Gasteiger partial charge on any atom is 0.183 e. The zero-order chi connectivity index (χ0) is 10.6. The standard InChI is InChI=1S/C11H3IN/c1-2-3-4-5-6-7-8-9-10-11-13-12/h13H,1H2/q-1/i/hT. The summed E-state index contributed by atoms with van der Waals surface area (Å²) in [6, 6.07) is 2.39. The van der Waals surface area contributed by atoms with Crippen molar-refractivity contribution in [3.63, 3.8) is 0 Å². The van der Waals surface area contributed by atoms with Crippen LogP contribution in [0.4, 0.5) is 0 Å². The molecule has 0 bridgehead atoms. The summed E-state index contributed by atoms with van der Waals surface area (Å²) < 4.78 is 7.80. The van der Waals surface area contributed by atoms with E-state index in [-0.39, 0.29) is 0 Å². The number of nitrogens with one attached hydrogen (secondary N) is 1. The molecule has 0 radical (unpaired) electrons. The van der Waals surface area contributed by atoms with Crippen molar-refractivity contribution in [1.82, 2.24) is 3.52 Å². The van der Waals surface area contributed by atoms with Crippen molar-refractivity contribution in [2.75, 3.05) is 0 Å². The summed E-state index contributed by atoms with van der Waals surface area (Å²) in [6.07, 6.45) is 0. The van der Waals surface area contributed by atoms with Crippen LogP contribution in [0.15, 0.2) is 0 Å². The molecule has 1 N–H and O–H groups in total. The molecule has 0 aliphatic rings. The average Bonchev–Trinajstić information content (AvgIpc) is 2.15. The zero-order valence-corrected chi connectivity index (χ0v) is 8.69. The molecule has 0 aliphatic carbocycles. The molecule has 60 valence electrons. The van der Waals surface area contributed by atoms with E-state index in [0.717, 1.165) is 3.52 Å². The SMILES string of the molecule is [3H]N(I)C#CC#CC#CC#CC#C[CH2-]. The van der Waals surface area contributed by atoms with Crippen LogP contribution >= 0.6 is 22.9 Å².